The fraction of sp³-hybridized carbons (Fsp3) is 0.438. The molecule has 0 spiro atoms. The van der Waals surface area contributed by atoms with E-state index in [9.17, 15) is 4.79 Å². The van der Waals surface area contributed by atoms with Crippen molar-refractivity contribution in [2.75, 3.05) is 6.61 Å². The van der Waals surface area contributed by atoms with E-state index in [2.05, 4.69) is 13.2 Å². The second kappa shape index (κ2) is 20.9. The van der Waals surface area contributed by atoms with Crippen LogP contribution in [0.3, 0.4) is 0 Å². The lowest BCUT2D eigenvalue weighted by Gasteiger charge is -1.86. The summed E-state index contributed by atoms with van der Waals surface area (Å²) in [5.41, 5.74) is 0. The van der Waals surface area contributed by atoms with Crippen LogP contribution in [-0.4, -0.2) is 18.0 Å². The second-order valence-electron chi connectivity index (χ2n) is 3.66. The summed E-state index contributed by atoms with van der Waals surface area (Å²) in [6.45, 7) is 7.35. The highest BCUT2D eigenvalue weighted by molar-refractivity contribution is 5.64. The Morgan fingerprint density at radius 3 is 1.83 bits per heavy atom. The Labute approximate surface area is 111 Å². The molecule has 1 N–H and O–H groups in total. The lowest BCUT2D eigenvalue weighted by Crippen LogP contribution is -1.72. The number of carbonyl (C=O) groups is 1. The van der Waals surface area contributed by atoms with Crippen molar-refractivity contribution in [3.8, 4) is 0 Å². The summed E-state index contributed by atoms with van der Waals surface area (Å²) in [6.07, 6.45) is 18.1. The standard InChI is InChI=1S/C8H14O.C8H12O/c2*1-2-3-4-5-6-7-8-9/h2,6-7,9H,1,3-5,8H2;2,6-8H,1,3-5H2/b2*7-6+. The van der Waals surface area contributed by atoms with Crippen LogP contribution in [0.25, 0.3) is 0 Å². The summed E-state index contributed by atoms with van der Waals surface area (Å²) in [6, 6.07) is 0. The lowest BCUT2D eigenvalue weighted by atomic mass is 10.2. The zero-order chi connectivity index (χ0) is 13.9. The zero-order valence-corrected chi connectivity index (χ0v) is 11.3. The van der Waals surface area contributed by atoms with Crippen LogP contribution in [0.4, 0.5) is 0 Å². The van der Waals surface area contributed by atoms with E-state index < -0.39 is 0 Å². The summed E-state index contributed by atoms with van der Waals surface area (Å²) >= 11 is 0. The van der Waals surface area contributed by atoms with Gasteiger partial charge in [0, 0.05) is 0 Å². The maximum atomic E-state index is 9.73. The van der Waals surface area contributed by atoms with E-state index in [0.717, 1.165) is 44.8 Å². The largest absolute Gasteiger partial charge is 0.392 e. The van der Waals surface area contributed by atoms with Gasteiger partial charge >= 0.3 is 0 Å². The Balaban J connectivity index is 0. The average molecular weight is 250 g/mol. The van der Waals surface area contributed by atoms with Gasteiger partial charge in [0.05, 0.1) is 6.61 Å². The third-order valence-corrected chi connectivity index (χ3v) is 2.04. The van der Waals surface area contributed by atoms with Gasteiger partial charge in [0.25, 0.3) is 0 Å². The number of hydrogen-bond acceptors (Lipinski definition) is 2. The van der Waals surface area contributed by atoms with Crippen molar-refractivity contribution < 1.29 is 9.90 Å². The predicted molar refractivity (Wildman–Crippen MR) is 79.5 cm³/mol. The Morgan fingerprint density at radius 2 is 1.39 bits per heavy atom. The summed E-state index contributed by atoms with van der Waals surface area (Å²) in [5.74, 6) is 0. The number of hydrogen-bond donors (Lipinski definition) is 1. The smallest absolute Gasteiger partial charge is 0.142 e. The van der Waals surface area contributed by atoms with Crippen LogP contribution in [0.5, 0.6) is 0 Å². The molecule has 18 heavy (non-hydrogen) atoms. The quantitative estimate of drug-likeness (QED) is 0.275. The van der Waals surface area contributed by atoms with Gasteiger partial charge in [0.2, 0.25) is 0 Å². The van der Waals surface area contributed by atoms with Crippen LogP contribution >= 0.6 is 0 Å². The molecule has 0 atom stereocenters. The van der Waals surface area contributed by atoms with Crippen molar-refractivity contribution in [2.45, 2.75) is 38.5 Å². The molecule has 0 aliphatic carbocycles. The monoisotopic (exact) mass is 250 g/mol. The van der Waals surface area contributed by atoms with Crippen LogP contribution in [0.1, 0.15) is 38.5 Å². The van der Waals surface area contributed by atoms with Gasteiger partial charge in [0.1, 0.15) is 6.29 Å². The lowest BCUT2D eigenvalue weighted by molar-refractivity contribution is -0.104. The SMILES string of the molecule is C=CCCC/C=C/C=O.C=CCCC/C=C/CO. The van der Waals surface area contributed by atoms with Gasteiger partial charge in [0.15, 0.2) is 0 Å². The zero-order valence-electron chi connectivity index (χ0n) is 11.3. The van der Waals surface area contributed by atoms with E-state index in [1.807, 2.05) is 24.3 Å². The van der Waals surface area contributed by atoms with E-state index in [4.69, 9.17) is 5.11 Å². The molecule has 0 unspecified atom stereocenters. The van der Waals surface area contributed by atoms with Crippen LogP contribution in [0.2, 0.25) is 0 Å². The molecule has 0 heterocycles. The normalized spacial score (nSPS) is 10.1. The number of aldehydes is 1. The van der Waals surface area contributed by atoms with Gasteiger partial charge < -0.3 is 5.11 Å². The van der Waals surface area contributed by atoms with Crippen LogP contribution in [-0.2, 0) is 4.79 Å². The molecule has 0 aliphatic rings. The molecule has 0 saturated heterocycles. The van der Waals surface area contributed by atoms with Gasteiger partial charge in [-0.05, 0) is 44.6 Å². The molecule has 0 fully saturated rings. The van der Waals surface area contributed by atoms with E-state index in [1.165, 1.54) is 6.08 Å². The molecule has 0 rings (SSSR count). The van der Waals surface area contributed by atoms with Crippen LogP contribution < -0.4 is 0 Å². The van der Waals surface area contributed by atoms with Crippen molar-refractivity contribution >= 4 is 6.29 Å². The van der Waals surface area contributed by atoms with E-state index in [-0.39, 0.29) is 6.61 Å². The van der Waals surface area contributed by atoms with Gasteiger partial charge in [-0.1, -0.05) is 30.4 Å². The number of allylic oxidation sites excluding steroid dienone is 5. The summed E-state index contributed by atoms with van der Waals surface area (Å²) in [4.78, 5) is 9.73. The molecule has 0 saturated carbocycles. The first-order valence-electron chi connectivity index (χ1n) is 6.41. The van der Waals surface area contributed by atoms with E-state index in [1.54, 1.807) is 6.08 Å². The van der Waals surface area contributed by atoms with Gasteiger partial charge in [-0.15, -0.1) is 13.2 Å². The number of aliphatic hydroxyl groups excluding tert-OH is 1. The Bertz CT molecular complexity index is 239. The topological polar surface area (TPSA) is 37.3 Å². The van der Waals surface area contributed by atoms with E-state index in [0.29, 0.717) is 0 Å². The summed E-state index contributed by atoms with van der Waals surface area (Å²) < 4.78 is 0. The van der Waals surface area contributed by atoms with Gasteiger partial charge in [-0.2, -0.15) is 0 Å². The minimum absolute atomic E-state index is 0.161. The first-order valence-corrected chi connectivity index (χ1v) is 6.41. The number of aliphatic hydroxyl groups is 1. The molecule has 0 amide bonds. The number of rotatable bonds is 10. The van der Waals surface area contributed by atoms with Crippen molar-refractivity contribution in [3.05, 3.63) is 49.6 Å². The highest BCUT2D eigenvalue weighted by Gasteiger charge is 1.77. The molecule has 0 aromatic heterocycles. The highest BCUT2D eigenvalue weighted by atomic mass is 16.2. The van der Waals surface area contributed by atoms with Crippen LogP contribution in [0.15, 0.2) is 49.6 Å². The van der Waals surface area contributed by atoms with Crippen molar-refractivity contribution in [1.82, 2.24) is 0 Å². The Morgan fingerprint density at radius 1 is 0.833 bits per heavy atom. The van der Waals surface area contributed by atoms with Crippen LogP contribution in [0, 0.1) is 0 Å². The summed E-state index contributed by atoms with van der Waals surface area (Å²) in [5, 5.41) is 8.32. The molecule has 0 aromatic rings. The molecule has 0 radical (unpaired) electrons. The minimum atomic E-state index is 0.161. The molecule has 0 bridgehead atoms. The number of unbranched alkanes of at least 4 members (excludes halogenated alkanes) is 4. The van der Waals surface area contributed by atoms with Crippen molar-refractivity contribution in [2.24, 2.45) is 0 Å². The molecular weight excluding hydrogens is 224 g/mol. The van der Waals surface area contributed by atoms with Gasteiger partial charge in [-0.3, -0.25) is 4.79 Å². The first-order chi connectivity index (χ1) is 8.83. The fourth-order valence-electron chi connectivity index (χ4n) is 1.10. The third kappa shape index (κ3) is 24.0. The molecule has 0 aliphatic heterocycles. The molecular formula is C16H26O2. The Kier molecular flexibility index (Phi) is 22.0. The Hall–Kier alpha value is -1.41. The maximum absolute atomic E-state index is 9.73. The van der Waals surface area contributed by atoms with Gasteiger partial charge in [-0.25, -0.2) is 0 Å². The second-order valence-corrected chi connectivity index (χ2v) is 3.66. The average Bonchev–Trinajstić information content (AvgIpc) is 2.39. The highest BCUT2D eigenvalue weighted by Crippen LogP contribution is 1.96. The van der Waals surface area contributed by atoms with E-state index >= 15 is 0 Å². The fourth-order valence-corrected chi connectivity index (χ4v) is 1.10. The molecule has 102 valence electrons. The minimum Gasteiger partial charge on any atom is -0.392 e. The third-order valence-electron chi connectivity index (χ3n) is 2.04. The molecule has 0 aromatic carbocycles. The number of carbonyl (C=O) groups excluding carboxylic acids is 1. The van der Waals surface area contributed by atoms with Crippen molar-refractivity contribution in [1.29, 1.82) is 0 Å². The molecule has 2 nitrogen and oxygen atoms in total. The predicted octanol–water partition coefficient (Wildman–Crippen LogP) is 3.99. The summed E-state index contributed by atoms with van der Waals surface area (Å²) in [7, 11) is 0. The first kappa shape index (κ1) is 18.9. The van der Waals surface area contributed by atoms with Crippen molar-refractivity contribution in [3.63, 3.8) is 0 Å². The maximum Gasteiger partial charge on any atom is 0.142 e. The molecule has 2 heteroatoms.